The van der Waals surface area contributed by atoms with Crippen molar-refractivity contribution in [3.63, 3.8) is 0 Å². The summed E-state index contributed by atoms with van der Waals surface area (Å²) >= 11 is 0. The van der Waals surface area contributed by atoms with Gasteiger partial charge in [0.1, 0.15) is 6.29 Å². The lowest BCUT2D eigenvalue weighted by Crippen LogP contribution is -2.00. The van der Waals surface area contributed by atoms with Crippen LogP contribution in [0.25, 0.3) is 11.3 Å². The number of nitrogens with zero attached hydrogens (tertiary/aromatic N) is 1. The van der Waals surface area contributed by atoms with E-state index in [9.17, 15) is 21.5 Å². The van der Waals surface area contributed by atoms with Gasteiger partial charge in [0, 0.05) is 11.1 Å². The average molecular weight is 283 g/mol. The number of pyridine rings is 1. The highest BCUT2D eigenvalue weighted by Gasteiger charge is 2.19. The fraction of sp³-hybridized carbons (Fsp3) is 0. The molecule has 0 atom stereocenters. The molecule has 0 aliphatic rings. The number of halogens is 2. The van der Waals surface area contributed by atoms with Crippen LogP contribution in [-0.4, -0.2) is 19.7 Å². The minimum Gasteiger partial charge on any atom is -0.298 e. The molecule has 0 unspecified atom stereocenters. The van der Waals surface area contributed by atoms with Crippen LogP contribution in [0.3, 0.4) is 0 Å². The molecule has 4 nitrogen and oxygen atoms in total. The number of aromatic nitrogens is 1. The van der Waals surface area contributed by atoms with Crippen molar-refractivity contribution >= 4 is 16.5 Å². The lowest BCUT2D eigenvalue weighted by atomic mass is 10.1. The second-order valence-electron chi connectivity index (χ2n) is 3.66. The maximum atomic E-state index is 13.4. The largest absolute Gasteiger partial charge is 0.336 e. The molecule has 0 bridgehead atoms. The molecule has 0 saturated heterocycles. The molecular weight excluding hydrogens is 276 g/mol. The van der Waals surface area contributed by atoms with Gasteiger partial charge in [-0.25, -0.2) is 4.98 Å². The minimum atomic E-state index is -5.13. The smallest absolute Gasteiger partial charge is 0.298 e. The van der Waals surface area contributed by atoms with Gasteiger partial charge in [-0.2, -0.15) is 12.8 Å². The summed E-state index contributed by atoms with van der Waals surface area (Å²) < 4.78 is 47.3. The monoisotopic (exact) mass is 283 g/mol. The lowest BCUT2D eigenvalue weighted by molar-refractivity contribution is 0.112. The summed E-state index contributed by atoms with van der Waals surface area (Å²) in [6.45, 7) is 0. The summed E-state index contributed by atoms with van der Waals surface area (Å²) in [6, 6.07) is 8.04. The highest BCUT2D eigenvalue weighted by Crippen LogP contribution is 2.22. The number of carbonyl (C=O) groups is 1. The number of hydrogen-bond donors (Lipinski definition) is 0. The van der Waals surface area contributed by atoms with Crippen molar-refractivity contribution in [2.45, 2.75) is 4.90 Å². The summed E-state index contributed by atoms with van der Waals surface area (Å²) in [7, 11) is -5.13. The molecule has 1 heterocycles. The summed E-state index contributed by atoms with van der Waals surface area (Å²) in [4.78, 5) is 12.8. The van der Waals surface area contributed by atoms with Crippen LogP contribution in [0, 0.1) is 5.95 Å². The van der Waals surface area contributed by atoms with Crippen LogP contribution in [-0.2, 0) is 10.2 Å². The number of rotatable bonds is 3. The minimum absolute atomic E-state index is 0.141. The Morgan fingerprint density at radius 3 is 2.16 bits per heavy atom. The van der Waals surface area contributed by atoms with Crippen molar-refractivity contribution < 1.29 is 21.5 Å². The fourth-order valence-corrected chi connectivity index (χ4v) is 1.97. The van der Waals surface area contributed by atoms with E-state index >= 15 is 0 Å². The van der Waals surface area contributed by atoms with Gasteiger partial charge in [-0.15, -0.1) is 3.89 Å². The quantitative estimate of drug-likeness (QED) is 0.493. The van der Waals surface area contributed by atoms with E-state index in [0.717, 1.165) is 6.07 Å². The molecule has 0 saturated carbocycles. The Balaban J connectivity index is 2.47. The number of benzene rings is 1. The van der Waals surface area contributed by atoms with Crippen LogP contribution < -0.4 is 0 Å². The predicted octanol–water partition coefficient (Wildman–Crippen LogP) is 2.36. The first-order valence-electron chi connectivity index (χ1n) is 5.08. The molecule has 98 valence electrons. The van der Waals surface area contributed by atoms with Crippen LogP contribution in [0.5, 0.6) is 0 Å². The van der Waals surface area contributed by atoms with E-state index in [0.29, 0.717) is 17.4 Å². The Labute approximate surface area is 107 Å². The average Bonchev–Trinajstić information content (AvgIpc) is 2.37. The van der Waals surface area contributed by atoms with E-state index in [4.69, 9.17) is 0 Å². The summed E-state index contributed by atoms with van der Waals surface area (Å²) in [5.74, 6) is -1.40. The first-order valence-corrected chi connectivity index (χ1v) is 6.47. The summed E-state index contributed by atoms with van der Waals surface area (Å²) in [6.07, 6.45) is 0.649. The first-order chi connectivity index (χ1) is 8.91. The maximum Gasteiger partial charge on any atom is 0.336 e. The van der Waals surface area contributed by atoms with E-state index < -0.39 is 21.1 Å². The van der Waals surface area contributed by atoms with E-state index in [-0.39, 0.29) is 5.69 Å². The van der Waals surface area contributed by atoms with Crippen molar-refractivity contribution in [1.29, 1.82) is 0 Å². The Kier molecular flexibility index (Phi) is 3.39. The van der Waals surface area contributed by atoms with Crippen molar-refractivity contribution in [3.8, 4) is 11.3 Å². The highest BCUT2D eigenvalue weighted by molar-refractivity contribution is 7.86. The van der Waals surface area contributed by atoms with Gasteiger partial charge in [-0.05, 0) is 12.1 Å². The zero-order chi connectivity index (χ0) is 14.0. The van der Waals surface area contributed by atoms with Crippen molar-refractivity contribution in [1.82, 2.24) is 4.98 Å². The second kappa shape index (κ2) is 4.85. The van der Waals surface area contributed by atoms with Crippen molar-refractivity contribution in [3.05, 3.63) is 47.9 Å². The third-order valence-electron chi connectivity index (χ3n) is 2.42. The number of hydrogen-bond acceptors (Lipinski definition) is 4. The Hall–Kier alpha value is -2.15. The van der Waals surface area contributed by atoms with Crippen LogP contribution in [0.1, 0.15) is 10.4 Å². The Morgan fingerprint density at radius 1 is 1.05 bits per heavy atom. The first kappa shape index (κ1) is 13.3. The van der Waals surface area contributed by atoms with Gasteiger partial charge in [0.05, 0.1) is 5.69 Å². The predicted molar refractivity (Wildman–Crippen MR) is 63.3 cm³/mol. The summed E-state index contributed by atoms with van der Waals surface area (Å²) in [5.41, 5.74) is 1.06. The van der Waals surface area contributed by atoms with Crippen LogP contribution in [0.15, 0.2) is 41.3 Å². The third kappa shape index (κ3) is 2.82. The molecule has 0 spiro atoms. The molecule has 0 amide bonds. The molecule has 1 aromatic carbocycles. The maximum absolute atomic E-state index is 13.4. The molecule has 0 aliphatic heterocycles. The van der Waals surface area contributed by atoms with Crippen LogP contribution in [0.4, 0.5) is 8.28 Å². The Bertz CT molecular complexity index is 727. The molecular formula is C12H7F2NO3S. The second-order valence-corrected chi connectivity index (χ2v) is 4.98. The van der Waals surface area contributed by atoms with Crippen molar-refractivity contribution in [2.24, 2.45) is 0 Å². The SMILES string of the molecule is O=Cc1ccc(-c2ccc(S(=O)(=O)F)c(F)n2)cc1. The molecule has 0 aliphatic carbocycles. The molecule has 1 aromatic heterocycles. The summed E-state index contributed by atoms with van der Waals surface area (Å²) in [5, 5.41) is 0. The highest BCUT2D eigenvalue weighted by atomic mass is 32.3. The number of carbonyl (C=O) groups excluding carboxylic acids is 1. The third-order valence-corrected chi connectivity index (χ3v) is 3.25. The van der Waals surface area contributed by atoms with Gasteiger partial charge in [-0.3, -0.25) is 4.79 Å². The molecule has 19 heavy (non-hydrogen) atoms. The van der Waals surface area contributed by atoms with E-state index in [1.54, 1.807) is 0 Å². The van der Waals surface area contributed by atoms with Gasteiger partial charge in [-0.1, -0.05) is 24.3 Å². The zero-order valence-electron chi connectivity index (χ0n) is 9.38. The zero-order valence-corrected chi connectivity index (χ0v) is 10.2. The van der Waals surface area contributed by atoms with Crippen LogP contribution in [0.2, 0.25) is 0 Å². The molecule has 0 radical (unpaired) electrons. The van der Waals surface area contributed by atoms with Gasteiger partial charge < -0.3 is 0 Å². The van der Waals surface area contributed by atoms with Gasteiger partial charge >= 0.3 is 10.2 Å². The van der Waals surface area contributed by atoms with E-state index in [2.05, 4.69) is 4.98 Å². The van der Waals surface area contributed by atoms with Crippen molar-refractivity contribution in [2.75, 3.05) is 0 Å². The molecule has 2 aromatic rings. The normalized spacial score (nSPS) is 11.3. The molecule has 7 heteroatoms. The molecule has 0 N–H and O–H groups in total. The van der Waals surface area contributed by atoms with E-state index in [1.165, 1.54) is 30.3 Å². The lowest BCUT2D eigenvalue weighted by Gasteiger charge is -2.03. The topological polar surface area (TPSA) is 64.1 Å². The van der Waals surface area contributed by atoms with Gasteiger partial charge in [0.25, 0.3) is 0 Å². The molecule has 2 rings (SSSR count). The fourth-order valence-electron chi connectivity index (χ4n) is 1.50. The number of aldehydes is 1. The van der Waals surface area contributed by atoms with E-state index in [1.807, 2.05) is 0 Å². The molecule has 0 fully saturated rings. The standard InChI is InChI=1S/C12H7F2NO3S/c13-12-11(19(14,17)18)6-5-10(15-12)9-3-1-8(7-16)2-4-9/h1-7H. The van der Waals surface area contributed by atoms with Gasteiger partial charge in [0.2, 0.25) is 5.95 Å². The van der Waals surface area contributed by atoms with Gasteiger partial charge in [0.15, 0.2) is 4.90 Å². The van der Waals surface area contributed by atoms with Crippen LogP contribution >= 0.6 is 0 Å². The Morgan fingerprint density at radius 2 is 1.68 bits per heavy atom.